The highest BCUT2D eigenvalue weighted by Crippen LogP contribution is 2.23. The second kappa shape index (κ2) is 10.3. The van der Waals surface area contributed by atoms with E-state index in [1.807, 2.05) is 19.1 Å². The molecule has 2 rings (SSSR count). The van der Waals surface area contributed by atoms with Crippen molar-refractivity contribution >= 4 is 40.1 Å². The maximum Gasteiger partial charge on any atom is 0.238 e. The molecule has 0 aliphatic carbocycles. The van der Waals surface area contributed by atoms with Crippen molar-refractivity contribution in [3.05, 3.63) is 27.3 Å². The Kier molecular flexibility index (Phi) is 8.34. The standard InChI is InChI=1S/C20H30IN3O2/c1-4-5-10-22-20(26)16-7-6-15(3)24(12-16)13-19(25)23-18-9-8-17(21)11-14(18)2/h8-9,11,15-16H,4-7,10,12-13H2,1-3H3,(H,22,26)(H,23,25). The van der Waals surface area contributed by atoms with Gasteiger partial charge in [-0.15, -0.1) is 0 Å². The summed E-state index contributed by atoms with van der Waals surface area (Å²) in [6.45, 7) is 7.97. The van der Waals surface area contributed by atoms with Crippen molar-refractivity contribution in [3.8, 4) is 0 Å². The number of carbonyl (C=O) groups excluding carboxylic acids is 2. The van der Waals surface area contributed by atoms with Gasteiger partial charge < -0.3 is 10.6 Å². The van der Waals surface area contributed by atoms with E-state index in [4.69, 9.17) is 0 Å². The fourth-order valence-electron chi connectivity index (χ4n) is 3.29. The number of piperidine rings is 1. The minimum Gasteiger partial charge on any atom is -0.356 e. The number of hydrogen-bond donors (Lipinski definition) is 2. The van der Waals surface area contributed by atoms with E-state index in [9.17, 15) is 9.59 Å². The van der Waals surface area contributed by atoms with E-state index in [1.165, 1.54) is 0 Å². The van der Waals surface area contributed by atoms with Gasteiger partial charge in [0.05, 0.1) is 12.5 Å². The molecule has 1 heterocycles. The van der Waals surface area contributed by atoms with E-state index in [-0.39, 0.29) is 17.7 Å². The molecule has 6 heteroatoms. The first-order valence-electron chi connectivity index (χ1n) is 9.48. The molecule has 144 valence electrons. The highest BCUT2D eigenvalue weighted by atomic mass is 127. The van der Waals surface area contributed by atoms with Crippen molar-refractivity contribution in [2.75, 3.05) is 25.0 Å². The third-order valence-corrected chi connectivity index (χ3v) is 5.69. The first kappa shape index (κ1) is 21.2. The Hall–Kier alpha value is -1.15. The number of aryl methyl sites for hydroxylation is 1. The van der Waals surface area contributed by atoms with Crippen molar-refractivity contribution in [1.29, 1.82) is 0 Å². The normalized spacial score (nSPS) is 20.6. The number of nitrogens with one attached hydrogen (secondary N) is 2. The van der Waals surface area contributed by atoms with E-state index in [0.717, 1.165) is 47.0 Å². The molecule has 2 atom stereocenters. The van der Waals surface area contributed by atoms with Crippen molar-refractivity contribution in [3.63, 3.8) is 0 Å². The average Bonchev–Trinajstić information content (AvgIpc) is 2.59. The molecule has 2 N–H and O–H groups in total. The predicted molar refractivity (Wildman–Crippen MR) is 114 cm³/mol. The SMILES string of the molecule is CCCCNC(=O)C1CCC(C)N(CC(=O)Nc2ccc(I)cc2C)C1. The first-order chi connectivity index (χ1) is 12.4. The van der Waals surface area contributed by atoms with Gasteiger partial charge in [-0.2, -0.15) is 0 Å². The van der Waals surface area contributed by atoms with Gasteiger partial charge in [-0.1, -0.05) is 13.3 Å². The quantitative estimate of drug-likeness (QED) is 0.473. The van der Waals surface area contributed by atoms with Crippen molar-refractivity contribution in [2.45, 2.75) is 52.5 Å². The van der Waals surface area contributed by atoms with Gasteiger partial charge in [-0.3, -0.25) is 14.5 Å². The molecule has 1 aliphatic heterocycles. The molecule has 1 fully saturated rings. The summed E-state index contributed by atoms with van der Waals surface area (Å²) in [4.78, 5) is 27.0. The van der Waals surface area contributed by atoms with Gasteiger partial charge in [0.15, 0.2) is 0 Å². The molecule has 5 nitrogen and oxygen atoms in total. The topological polar surface area (TPSA) is 61.4 Å². The van der Waals surface area contributed by atoms with Gasteiger partial charge in [0, 0.05) is 28.4 Å². The molecule has 2 unspecified atom stereocenters. The Bertz CT molecular complexity index is 635. The van der Waals surface area contributed by atoms with Crippen molar-refractivity contribution in [2.24, 2.45) is 5.92 Å². The van der Waals surface area contributed by atoms with Crippen LogP contribution in [0.4, 0.5) is 5.69 Å². The summed E-state index contributed by atoms with van der Waals surface area (Å²) in [5, 5.41) is 6.03. The summed E-state index contributed by atoms with van der Waals surface area (Å²) in [7, 11) is 0. The van der Waals surface area contributed by atoms with Gasteiger partial charge in [0.1, 0.15) is 0 Å². The van der Waals surface area contributed by atoms with Gasteiger partial charge in [0.25, 0.3) is 0 Å². The smallest absolute Gasteiger partial charge is 0.238 e. The minimum atomic E-state index is -0.0202. The molecule has 0 spiro atoms. The zero-order chi connectivity index (χ0) is 19.1. The molecule has 1 aliphatic rings. The second-order valence-electron chi connectivity index (χ2n) is 7.20. The molecule has 0 bridgehead atoms. The highest BCUT2D eigenvalue weighted by molar-refractivity contribution is 14.1. The Morgan fingerprint density at radius 1 is 1.31 bits per heavy atom. The number of benzene rings is 1. The van der Waals surface area contributed by atoms with E-state index < -0.39 is 0 Å². The van der Waals surface area contributed by atoms with Crippen LogP contribution in [0.1, 0.15) is 45.1 Å². The molecular formula is C20H30IN3O2. The highest BCUT2D eigenvalue weighted by Gasteiger charge is 2.30. The van der Waals surface area contributed by atoms with Crippen molar-refractivity contribution < 1.29 is 9.59 Å². The lowest BCUT2D eigenvalue weighted by atomic mass is 9.92. The number of likely N-dealkylation sites (tertiary alicyclic amines) is 1. The zero-order valence-corrected chi connectivity index (χ0v) is 18.1. The van der Waals surface area contributed by atoms with Crippen LogP contribution in [0.5, 0.6) is 0 Å². The van der Waals surface area contributed by atoms with E-state index >= 15 is 0 Å². The molecule has 2 amide bonds. The maximum atomic E-state index is 12.5. The van der Waals surface area contributed by atoms with Crippen LogP contribution in [0.2, 0.25) is 0 Å². The van der Waals surface area contributed by atoms with Gasteiger partial charge in [-0.05, 0) is 79.5 Å². The van der Waals surface area contributed by atoms with Crippen LogP contribution < -0.4 is 10.6 Å². The largest absolute Gasteiger partial charge is 0.356 e. The van der Waals surface area contributed by atoms with Crippen LogP contribution in [-0.4, -0.2) is 42.4 Å². The Morgan fingerprint density at radius 3 is 2.77 bits per heavy atom. The molecule has 0 saturated carbocycles. The molecular weight excluding hydrogens is 441 g/mol. The summed E-state index contributed by atoms with van der Waals surface area (Å²) in [6.07, 6.45) is 3.93. The number of amides is 2. The molecule has 1 aromatic carbocycles. The van der Waals surface area contributed by atoms with Crippen molar-refractivity contribution in [1.82, 2.24) is 10.2 Å². The number of halogens is 1. The summed E-state index contributed by atoms with van der Waals surface area (Å²) in [5.41, 5.74) is 1.92. The van der Waals surface area contributed by atoms with Crippen LogP contribution in [-0.2, 0) is 9.59 Å². The Balaban J connectivity index is 1.89. The monoisotopic (exact) mass is 471 g/mol. The average molecular weight is 471 g/mol. The summed E-state index contributed by atoms with van der Waals surface area (Å²) in [6, 6.07) is 6.30. The van der Waals surface area contributed by atoms with Gasteiger partial charge >= 0.3 is 0 Å². The second-order valence-corrected chi connectivity index (χ2v) is 8.45. The van der Waals surface area contributed by atoms with E-state index in [0.29, 0.717) is 19.1 Å². The van der Waals surface area contributed by atoms with Gasteiger partial charge in [0.2, 0.25) is 11.8 Å². The fourth-order valence-corrected chi connectivity index (χ4v) is 3.93. The lowest BCUT2D eigenvalue weighted by Gasteiger charge is -2.36. The molecule has 1 aromatic rings. The van der Waals surface area contributed by atoms with E-state index in [1.54, 1.807) is 0 Å². The van der Waals surface area contributed by atoms with E-state index in [2.05, 4.69) is 58.0 Å². The number of anilines is 1. The molecule has 26 heavy (non-hydrogen) atoms. The fraction of sp³-hybridized carbons (Fsp3) is 0.600. The predicted octanol–water partition coefficient (Wildman–Crippen LogP) is 3.55. The Morgan fingerprint density at radius 2 is 2.08 bits per heavy atom. The molecule has 1 saturated heterocycles. The van der Waals surface area contributed by atoms with Crippen LogP contribution in [0.3, 0.4) is 0 Å². The zero-order valence-electron chi connectivity index (χ0n) is 16.0. The summed E-state index contributed by atoms with van der Waals surface area (Å²) < 4.78 is 1.15. The number of nitrogens with zero attached hydrogens (tertiary/aromatic N) is 1. The first-order valence-corrected chi connectivity index (χ1v) is 10.6. The maximum absolute atomic E-state index is 12.5. The number of rotatable bonds is 7. The van der Waals surface area contributed by atoms with Crippen LogP contribution in [0.15, 0.2) is 18.2 Å². The molecule has 0 aromatic heterocycles. The number of carbonyl (C=O) groups is 2. The van der Waals surface area contributed by atoms with Crippen LogP contribution in [0.25, 0.3) is 0 Å². The third kappa shape index (κ3) is 6.23. The van der Waals surface area contributed by atoms with Crippen LogP contribution >= 0.6 is 22.6 Å². The Labute approximate surface area is 170 Å². The molecule has 0 radical (unpaired) electrons. The third-order valence-electron chi connectivity index (χ3n) is 5.02. The van der Waals surface area contributed by atoms with Crippen LogP contribution in [0, 0.1) is 16.4 Å². The number of unbranched alkanes of at least 4 members (excludes halogenated alkanes) is 1. The lowest BCUT2D eigenvalue weighted by Crippen LogP contribution is -2.49. The summed E-state index contributed by atoms with van der Waals surface area (Å²) >= 11 is 2.26. The summed E-state index contributed by atoms with van der Waals surface area (Å²) in [5.74, 6) is 0.0910. The lowest BCUT2D eigenvalue weighted by molar-refractivity contribution is -0.128. The minimum absolute atomic E-state index is 0.0177. The number of hydrogen-bond acceptors (Lipinski definition) is 3. The van der Waals surface area contributed by atoms with Gasteiger partial charge in [-0.25, -0.2) is 0 Å².